The van der Waals surface area contributed by atoms with Crippen LogP contribution < -0.4 is 10.6 Å². The van der Waals surface area contributed by atoms with Gasteiger partial charge in [-0.15, -0.1) is 11.8 Å². The van der Waals surface area contributed by atoms with Gasteiger partial charge < -0.3 is 15.1 Å². The summed E-state index contributed by atoms with van der Waals surface area (Å²) in [6, 6.07) is 4.48. The molecule has 1 aromatic carbocycles. The summed E-state index contributed by atoms with van der Waals surface area (Å²) in [4.78, 5) is 38.5. The van der Waals surface area contributed by atoms with Gasteiger partial charge in [0.15, 0.2) is 5.78 Å². The molecule has 0 saturated heterocycles. The molecule has 2 atom stereocenters. The smallest absolute Gasteiger partial charge is 0.255 e. The van der Waals surface area contributed by atoms with Crippen molar-refractivity contribution in [3.63, 3.8) is 0 Å². The molecular formula is C25H32F2N2O4S. The van der Waals surface area contributed by atoms with Gasteiger partial charge in [0.1, 0.15) is 23.4 Å². The number of amides is 2. The molecule has 2 N–H and O–H groups in total. The molecule has 6 nitrogen and oxygen atoms in total. The average molecular weight is 495 g/mol. The van der Waals surface area contributed by atoms with Crippen LogP contribution in [0.25, 0.3) is 0 Å². The van der Waals surface area contributed by atoms with E-state index in [1.165, 1.54) is 11.8 Å². The minimum atomic E-state index is -0.997. The lowest BCUT2D eigenvalue weighted by Crippen LogP contribution is -2.52. The van der Waals surface area contributed by atoms with Gasteiger partial charge in [-0.2, -0.15) is 0 Å². The molecular weight excluding hydrogens is 462 g/mol. The van der Waals surface area contributed by atoms with Crippen LogP contribution in [-0.2, 0) is 15.3 Å². The Hall–Kier alpha value is -2.68. The van der Waals surface area contributed by atoms with Crippen LogP contribution in [0, 0.1) is 17.6 Å². The third-order valence-corrected chi connectivity index (χ3v) is 6.10. The highest BCUT2D eigenvalue weighted by atomic mass is 32.2. The van der Waals surface area contributed by atoms with Gasteiger partial charge in [-0.3, -0.25) is 14.4 Å². The highest BCUT2D eigenvalue weighted by Crippen LogP contribution is 2.16. The van der Waals surface area contributed by atoms with E-state index in [2.05, 4.69) is 10.6 Å². The van der Waals surface area contributed by atoms with Crippen molar-refractivity contribution < 1.29 is 27.6 Å². The predicted octanol–water partition coefficient (Wildman–Crippen LogP) is 4.88. The zero-order valence-corrected chi connectivity index (χ0v) is 20.6. The average Bonchev–Trinajstić information content (AvgIpc) is 3.30. The number of Topliss-reactive ketones (excluding diaryl/α,β-unsaturated/α-hetero) is 1. The van der Waals surface area contributed by atoms with Crippen LogP contribution in [0.5, 0.6) is 0 Å². The molecule has 0 bridgehead atoms. The summed E-state index contributed by atoms with van der Waals surface area (Å²) in [5.41, 5.74) is -0.477. The Morgan fingerprint density at radius 2 is 1.85 bits per heavy atom. The molecule has 34 heavy (non-hydrogen) atoms. The summed E-state index contributed by atoms with van der Waals surface area (Å²) in [6.45, 7) is 5.74. The number of carbonyl (C=O) groups is 3. The molecule has 0 aliphatic rings. The lowest BCUT2D eigenvalue weighted by atomic mass is 10.0. The monoisotopic (exact) mass is 494 g/mol. The second-order valence-corrected chi connectivity index (χ2v) is 9.51. The zero-order chi connectivity index (χ0) is 25.1. The first-order valence-corrected chi connectivity index (χ1v) is 12.6. The SMILES string of the molecule is CCCCC(NC(=O)C(CC(C)C)NC(=O)c1cc(F)ccc1F)C(=O)CSCc1ccco1. The van der Waals surface area contributed by atoms with Crippen LogP contribution in [0.2, 0.25) is 0 Å². The second-order valence-electron chi connectivity index (χ2n) is 8.52. The maximum absolute atomic E-state index is 14.0. The number of ketones is 1. The van der Waals surface area contributed by atoms with Crippen molar-refractivity contribution in [3.8, 4) is 0 Å². The number of thioether (sulfide) groups is 1. The predicted molar refractivity (Wildman–Crippen MR) is 128 cm³/mol. The summed E-state index contributed by atoms with van der Waals surface area (Å²) in [7, 11) is 0. The Kier molecular flexibility index (Phi) is 11.3. The summed E-state index contributed by atoms with van der Waals surface area (Å²) in [5, 5.41) is 5.28. The molecule has 0 spiro atoms. The first kappa shape index (κ1) is 27.6. The fraction of sp³-hybridized carbons (Fsp3) is 0.480. The first-order valence-electron chi connectivity index (χ1n) is 11.4. The molecule has 2 unspecified atom stereocenters. The Morgan fingerprint density at radius 1 is 1.09 bits per heavy atom. The van der Waals surface area contributed by atoms with Crippen molar-refractivity contribution in [1.29, 1.82) is 0 Å². The standard InChI is InChI=1S/C25H32F2N2O4S/c1-4-5-8-21(23(30)15-34-14-18-7-6-11-33-18)28-25(32)22(12-16(2)3)29-24(31)19-13-17(26)9-10-20(19)27/h6-7,9-11,13,16,21-22H,4-5,8,12,14-15H2,1-3H3,(H,28,32)(H,29,31). The molecule has 2 rings (SSSR count). The number of rotatable bonds is 14. The van der Waals surface area contributed by atoms with Gasteiger partial charge in [0.2, 0.25) is 5.91 Å². The van der Waals surface area contributed by atoms with Gasteiger partial charge in [0.05, 0.1) is 29.4 Å². The first-order chi connectivity index (χ1) is 16.2. The van der Waals surface area contributed by atoms with Crippen molar-refractivity contribution in [2.24, 2.45) is 5.92 Å². The van der Waals surface area contributed by atoms with Gasteiger partial charge in [-0.05, 0) is 49.1 Å². The van der Waals surface area contributed by atoms with Crippen LogP contribution >= 0.6 is 11.8 Å². The van der Waals surface area contributed by atoms with E-state index in [4.69, 9.17) is 4.42 Å². The van der Waals surface area contributed by atoms with Crippen LogP contribution in [-0.4, -0.2) is 35.4 Å². The van der Waals surface area contributed by atoms with Gasteiger partial charge in [0, 0.05) is 0 Å². The van der Waals surface area contributed by atoms with Crippen LogP contribution in [0.4, 0.5) is 8.78 Å². The Morgan fingerprint density at radius 3 is 2.50 bits per heavy atom. The number of hydrogen-bond donors (Lipinski definition) is 2. The highest BCUT2D eigenvalue weighted by molar-refractivity contribution is 7.99. The number of nitrogens with one attached hydrogen (secondary N) is 2. The van der Waals surface area contributed by atoms with Crippen molar-refractivity contribution >= 4 is 29.4 Å². The van der Waals surface area contributed by atoms with E-state index in [0.29, 0.717) is 12.2 Å². The zero-order valence-electron chi connectivity index (χ0n) is 19.7. The fourth-order valence-electron chi connectivity index (χ4n) is 3.35. The van der Waals surface area contributed by atoms with Crippen molar-refractivity contribution in [2.75, 3.05) is 5.75 Å². The highest BCUT2D eigenvalue weighted by Gasteiger charge is 2.28. The topological polar surface area (TPSA) is 88.4 Å². The maximum Gasteiger partial charge on any atom is 0.255 e. The number of halogens is 2. The fourth-order valence-corrected chi connectivity index (χ4v) is 4.22. The summed E-state index contributed by atoms with van der Waals surface area (Å²) in [5.74, 6) is -1.64. The molecule has 0 fully saturated rings. The largest absolute Gasteiger partial charge is 0.468 e. The minimum absolute atomic E-state index is 0.0297. The molecule has 0 saturated carbocycles. The Bertz CT molecular complexity index is 950. The van der Waals surface area contributed by atoms with E-state index < -0.39 is 41.1 Å². The molecule has 2 amide bonds. The number of carbonyl (C=O) groups excluding carboxylic acids is 3. The van der Waals surface area contributed by atoms with E-state index in [0.717, 1.165) is 36.8 Å². The van der Waals surface area contributed by atoms with E-state index in [-0.39, 0.29) is 23.9 Å². The summed E-state index contributed by atoms with van der Waals surface area (Å²) < 4.78 is 32.8. The number of unbranched alkanes of at least 4 members (excludes halogenated alkanes) is 1. The number of benzene rings is 1. The van der Waals surface area contributed by atoms with E-state index in [1.54, 1.807) is 12.3 Å². The van der Waals surface area contributed by atoms with Crippen molar-refractivity contribution in [1.82, 2.24) is 10.6 Å². The molecule has 0 aliphatic heterocycles. The van der Waals surface area contributed by atoms with E-state index >= 15 is 0 Å². The normalized spacial score (nSPS) is 12.9. The molecule has 1 heterocycles. The van der Waals surface area contributed by atoms with E-state index in [1.807, 2.05) is 26.8 Å². The Balaban J connectivity index is 2.06. The summed E-state index contributed by atoms with van der Waals surface area (Å²) in [6.07, 6.45) is 3.92. The Labute approximate surface area is 203 Å². The quantitative estimate of drug-likeness (QED) is 0.391. The van der Waals surface area contributed by atoms with Crippen molar-refractivity contribution in [3.05, 3.63) is 59.6 Å². The number of furan rings is 1. The molecule has 0 radical (unpaired) electrons. The molecule has 2 aromatic rings. The number of hydrogen-bond acceptors (Lipinski definition) is 5. The van der Waals surface area contributed by atoms with Crippen LogP contribution in [0.3, 0.4) is 0 Å². The summed E-state index contributed by atoms with van der Waals surface area (Å²) >= 11 is 1.40. The molecule has 9 heteroatoms. The van der Waals surface area contributed by atoms with Crippen molar-refractivity contribution in [2.45, 2.75) is 64.3 Å². The van der Waals surface area contributed by atoms with Gasteiger partial charge >= 0.3 is 0 Å². The van der Waals surface area contributed by atoms with Gasteiger partial charge in [-0.25, -0.2) is 8.78 Å². The van der Waals surface area contributed by atoms with Crippen LogP contribution in [0.15, 0.2) is 41.0 Å². The molecule has 186 valence electrons. The van der Waals surface area contributed by atoms with Crippen LogP contribution in [0.1, 0.15) is 62.6 Å². The lowest BCUT2D eigenvalue weighted by molar-refractivity contribution is -0.128. The lowest BCUT2D eigenvalue weighted by Gasteiger charge is -2.24. The third-order valence-electron chi connectivity index (χ3n) is 5.12. The van der Waals surface area contributed by atoms with E-state index in [9.17, 15) is 23.2 Å². The minimum Gasteiger partial charge on any atom is -0.468 e. The second kappa shape index (κ2) is 13.9. The third kappa shape index (κ3) is 8.93. The van der Waals surface area contributed by atoms with Gasteiger partial charge in [-0.1, -0.05) is 33.6 Å². The van der Waals surface area contributed by atoms with Gasteiger partial charge in [0.25, 0.3) is 5.91 Å². The molecule has 0 aliphatic carbocycles. The molecule has 1 aromatic heterocycles. The maximum atomic E-state index is 14.0.